The maximum Gasteiger partial charge on any atom is 0.335 e. The monoisotopic (exact) mass is 343 g/mol. The lowest BCUT2D eigenvalue weighted by Gasteiger charge is -2.14. The molecule has 0 aliphatic heterocycles. The summed E-state index contributed by atoms with van der Waals surface area (Å²) in [5.74, 6) is -0.910. The third-order valence-corrected chi connectivity index (χ3v) is 3.96. The van der Waals surface area contributed by atoms with Gasteiger partial charge < -0.3 is 19.9 Å². The summed E-state index contributed by atoms with van der Waals surface area (Å²) in [7, 11) is 0. The first-order valence-corrected chi connectivity index (χ1v) is 8.42. The van der Waals surface area contributed by atoms with Crippen LogP contribution >= 0.6 is 0 Å². The van der Waals surface area contributed by atoms with Crippen LogP contribution in [-0.4, -0.2) is 30.9 Å². The average molecular weight is 343 g/mol. The molecule has 134 valence electrons. The molecule has 2 aromatic rings. The molecule has 0 saturated carbocycles. The predicted molar refractivity (Wildman–Crippen MR) is 98.1 cm³/mol. The number of anilines is 1. The number of carboxylic acid groups (broad SMARTS) is 1. The Bertz CT molecular complexity index is 683. The van der Waals surface area contributed by atoms with E-state index >= 15 is 0 Å². The van der Waals surface area contributed by atoms with Crippen molar-refractivity contribution < 1.29 is 19.4 Å². The lowest BCUT2D eigenvalue weighted by atomic mass is 10.1. The maximum atomic E-state index is 10.9. The quantitative estimate of drug-likeness (QED) is 0.641. The Balaban J connectivity index is 1.91. The van der Waals surface area contributed by atoms with Gasteiger partial charge in [-0.2, -0.15) is 0 Å². The fourth-order valence-corrected chi connectivity index (χ4v) is 2.44. The first kappa shape index (κ1) is 19.0. The van der Waals surface area contributed by atoms with Gasteiger partial charge in [-0.25, -0.2) is 4.79 Å². The predicted octanol–water partition coefficient (Wildman–Crippen LogP) is 3.86. The van der Waals surface area contributed by atoms with Crippen LogP contribution in [0.15, 0.2) is 42.5 Å². The molecule has 5 nitrogen and oxygen atoms in total. The third-order valence-electron chi connectivity index (χ3n) is 3.96. The summed E-state index contributed by atoms with van der Waals surface area (Å²) in [6.45, 7) is 7.12. The minimum Gasteiger partial charge on any atom is -0.478 e. The molecule has 0 aliphatic carbocycles. The zero-order chi connectivity index (χ0) is 18.1. The molecule has 0 aromatic heterocycles. The van der Waals surface area contributed by atoms with E-state index in [-0.39, 0.29) is 0 Å². The van der Waals surface area contributed by atoms with Crippen LogP contribution in [0.4, 0.5) is 5.69 Å². The summed E-state index contributed by atoms with van der Waals surface area (Å²) in [4.78, 5) is 10.9. The minimum atomic E-state index is -0.910. The number of carboxylic acids is 1. The zero-order valence-electron chi connectivity index (χ0n) is 14.7. The Kier molecular flexibility index (Phi) is 7.44. The van der Waals surface area contributed by atoms with Gasteiger partial charge in [-0.3, -0.25) is 0 Å². The van der Waals surface area contributed by atoms with Crippen LogP contribution in [0.5, 0.6) is 0 Å². The first-order valence-electron chi connectivity index (χ1n) is 8.42. The van der Waals surface area contributed by atoms with Gasteiger partial charge in [-0.05, 0) is 48.7 Å². The van der Waals surface area contributed by atoms with Crippen LogP contribution < -0.4 is 5.32 Å². The number of hydrogen-bond acceptors (Lipinski definition) is 4. The summed E-state index contributed by atoms with van der Waals surface area (Å²) in [5, 5.41) is 12.3. The van der Waals surface area contributed by atoms with E-state index in [0.29, 0.717) is 38.5 Å². The largest absolute Gasteiger partial charge is 0.478 e. The molecule has 0 heterocycles. The molecule has 2 rings (SSSR count). The summed E-state index contributed by atoms with van der Waals surface area (Å²) in [6.07, 6.45) is 0. The standard InChI is InChI=1S/C20H25NO4/c1-3-24-11-12-25-14-18-5-4-6-19(15(18)2)21-13-16-7-9-17(10-8-16)20(22)23/h4-10,21H,3,11-14H2,1-2H3,(H,22,23). The molecule has 25 heavy (non-hydrogen) atoms. The second-order valence-electron chi connectivity index (χ2n) is 5.69. The van der Waals surface area contributed by atoms with Crippen LogP contribution in [0, 0.1) is 6.92 Å². The highest BCUT2D eigenvalue weighted by atomic mass is 16.5. The maximum absolute atomic E-state index is 10.9. The SMILES string of the molecule is CCOCCOCc1cccc(NCc2ccc(C(=O)O)cc2)c1C. The van der Waals surface area contributed by atoms with Crippen molar-refractivity contribution in [3.8, 4) is 0 Å². The number of ether oxygens (including phenoxy) is 2. The van der Waals surface area contributed by atoms with Gasteiger partial charge >= 0.3 is 5.97 Å². The molecule has 0 aliphatic rings. The smallest absolute Gasteiger partial charge is 0.335 e. The summed E-state index contributed by atoms with van der Waals surface area (Å²) in [5.41, 5.74) is 4.67. The van der Waals surface area contributed by atoms with E-state index < -0.39 is 5.97 Å². The number of benzene rings is 2. The van der Waals surface area contributed by atoms with Gasteiger partial charge in [-0.1, -0.05) is 24.3 Å². The Hall–Kier alpha value is -2.37. The number of nitrogens with one attached hydrogen (secondary N) is 1. The van der Waals surface area contributed by atoms with Crippen molar-refractivity contribution in [2.24, 2.45) is 0 Å². The molecule has 0 radical (unpaired) electrons. The lowest BCUT2D eigenvalue weighted by Crippen LogP contribution is -2.06. The molecule has 0 amide bonds. The third kappa shape index (κ3) is 5.89. The Morgan fingerprint density at radius 2 is 1.80 bits per heavy atom. The van der Waals surface area contributed by atoms with Crippen LogP contribution in [0.1, 0.15) is 34.0 Å². The molecule has 0 spiro atoms. The van der Waals surface area contributed by atoms with Crippen molar-refractivity contribution in [1.82, 2.24) is 0 Å². The van der Waals surface area contributed by atoms with E-state index in [1.54, 1.807) is 12.1 Å². The topological polar surface area (TPSA) is 67.8 Å². The molecule has 0 atom stereocenters. The molecule has 0 unspecified atom stereocenters. The fraction of sp³-hybridized carbons (Fsp3) is 0.350. The molecule has 0 fully saturated rings. The molecule has 5 heteroatoms. The Morgan fingerprint density at radius 3 is 2.48 bits per heavy atom. The minimum absolute atomic E-state index is 0.297. The van der Waals surface area contributed by atoms with Gasteiger partial charge in [-0.15, -0.1) is 0 Å². The van der Waals surface area contributed by atoms with Crippen molar-refractivity contribution in [1.29, 1.82) is 0 Å². The van der Waals surface area contributed by atoms with Gasteiger partial charge in [0, 0.05) is 18.8 Å². The van der Waals surface area contributed by atoms with Gasteiger partial charge in [0.2, 0.25) is 0 Å². The van der Waals surface area contributed by atoms with Crippen molar-refractivity contribution in [2.45, 2.75) is 27.0 Å². The van der Waals surface area contributed by atoms with Crippen LogP contribution in [0.2, 0.25) is 0 Å². The zero-order valence-corrected chi connectivity index (χ0v) is 14.7. The molecule has 2 N–H and O–H groups in total. The average Bonchev–Trinajstić information content (AvgIpc) is 2.62. The van der Waals surface area contributed by atoms with Crippen molar-refractivity contribution >= 4 is 11.7 Å². The number of hydrogen-bond donors (Lipinski definition) is 2. The molecule has 0 saturated heterocycles. The van der Waals surface area contributed by atoms with Crippen molar-refractivity contribution in [3.63, 3.8) is 0 Å². The first-order chi connectivity index (χ1) is 12.1. The van der Waals surface area contributed by atoms with E-state index in [1.165, 1.54) is 0 Å². The number of carbonyl (C=O) groups is 1. The second-order valence-corrected chi connectivity index (χ2v) is 5.69. The van der Waals surface area contributed by atoms with Crippen LogP contribution in [-0.2, 0) is 22.6 Å². The van der Waals surface area contributed by atoms with E-state index in [2.05, 4.69) is 18.3 Å². The Morgan fingerprint density at radius 1 is 1.08 bits per heavy atom. The summed E-state index contributed by atoms with van der Waals surface area (Å²) < 4.78 is 10.9. The van der Waals surface area contributed by atoms with Gasteiger partial charge in [0.05, 0.1) is 25.4 Å². The Labute approximate surface area is 148 Å². The van der Waals surface area contributed by atoms with Gasteiger partial charge in [0.25, 0.3) is 0 Å². The number of rotatable bonds is 10. The van der Waals surface area contributed by atoms with Crippen LogP contribution in [0.25, 0.3) is 0 Å². The highest BCUT2D eigenvalue weighted by Gasteiger charge is 2.05. The van der Waals surface area contributed by atoms with Gasteiger partial charge in [0.15, 0.2) is 0 Å². The molecular weight excluding hydrogens is 318 g/mol. The fourth-order valence-electron chi connectivity index (χ4n) is 2.44. The van der Waals surface area contributed by atoms with Gasteiger partial charge in [0.1, 0.15) is 0 Å². The summed E-state index contributed by atoms with van der Waals surface area (Å²) in [6, 6.07) is 13.0. The summed E-state index contributed by atoms with van der Waals surface area (Å²) >= 11 is 0. The highest BCUT2D eigenvalue weighted by Crippen LogP contribution is 2.20. The molecule has 2 aromatic carbocycles. The van der Waals surface area contributed by atoms with Crippen molar-refractivity contribution in [2.75, 3.05) is 25.1 Å². The van der Waals surface area contributed by atoms with Crippen LogP contribution in [0.3, 0.4) is 0 Å². The van der Waals surface area contributed by atoms with E-state index in [1.807, 2.05) is 31.2 Å². The normalized spacial score (nSPS) is 10.6. The van der Waals surface area contributed by atoms with Crippen molar-refractivity contribution in [3.05, 3.63) is 64.7 Å². The lowest BCUT2D eigenvalue weighted by molar-refractivity contribution is 0.0451. The highest BCUT2D eigenvalue weighted by molar-refractivity contribution is 5.87. The van der Waals surface area contributed by atoms with E-state index in [9.17, 15) is 4.79 Å². The second kappa shape index (κ2) is 9.81. The number of aromatic carboxylic acids is 1. The molecular formula is C20H25NO4. The molecule has 0 bridgehead atoms. The van der Waals surface area contributed by atoms with E-state index in [4.69, 9.17) is 14.6 Å². The van der Waals surface area contributed by atoms with E-state index in [0.717, 1.165) is 22.4 Å².